The van der Waals surface area contributed by atoms with Crippen molar-refractivity contribution in [2.75, 3.05) is 17.3 Å². The van der Waals surface area contributed by atoms with Gasteiger partial charge >= 0.3 is 4.87 Å². The molecule has 14 heteroatoms. The van der Waals surface area contributed by atoms with Crippen molar-refractivity contribution in [3.8, 4) is 5.75 Å². The molecule has 1 N–H and O–H groups in total. The Morgan fingerprint density at radius 2 is 1.67 bits per heavy atom. The van der Waals surface area contributed by atoms with Gasteiger partial charge in [0.1, 0.15) is 17.5 Å². The third-order valence-electron chi connectivity index (χ3n) is 7.27. The molecule has 43 heavy (non-hydrogen) atoms. The second-order valence-electron chi connectivity index (χ2n) is 9.78. The number of nitrogens with one attached hydrogen (secondary N) is 1. The van der Waals surface area contributed by atoms with Crippen LogP contribution in [0.4, 0.5) is 17.1 Å². The highest BCUT2D eigenvalue weighted by atomic mass is 35.5. The number of ether oxygens (including phenoxy) is 1. The third-order valence-corrected chi connectivity index (χ3v) is 10.1. The molecule has 0 bridgehead atoms. The number of thiazole rings is 1. The van der Waals surface area contributed by atoms with E-state index >= 15 is 0 Å². The fourth-order valence-electron chi connectivity index (χ4n) is 5.28. The number of benzene rings is 3. The summed E-state index contributed by atoms with van der Waals surface area (Å²) in [5.41, 5.74) is 1.24. The lowest BCUT2D eigenvalue weighted by atomic mass is 9.83. The van der Waals surface area contributed by atoms with Gasteiger partial charge in [-0.05, 0) is 54.1 Å². The Balaban J connectivity index is 1.37. The molecule has 4 aromatic rings. The molecule has 0 spiro atoms. The fourth-order valence-corrected chi connectivity index (χ4v) is 8.18. The molecule has 6 rings (SSSR count). The molecule has 0 aliphatic carbocycles. The number of aromatic nitrogens is 1. The summed E-state index contributed by atoms with van der Waals surface area (Å²) >= 11 is 8.15. The monoisotopic (exact) mass is 636 g/mol. The van der Waals surface area contributed by atoms with Crippen LogP contribution >= 0.6 is 34.7 Å². The summed E-state index contributed by atoms with van der Waals surface area (Å²) in [4.78, 5) is 65.8. The molecule has 2 aliphatic heterocycles. The van der Waals surface area contributed by atoms with Gasteiger partial charge in [-0.25, -0.2) is 4.90 Å². The first-order valence-corrected chi connectivity index (χ1v) is 15.0. The molecule has 3 atom stereocenters. The summed E-state index contributed by atoms with van der Waals surface area (Å²) in [5.74, 6) is -2.33. The normalized spacial score (nSPS) is 19.1. The van der Waals surface area contributed by atoms with Crippen molar-refractivity contribution in [3.05, 3.63) is 108 Å². The minimum absolute atomic E-state index is 0.173. The molecule has 3 heterocycles. The van der Waals surface area contributed by atoms with Crippen LogP contribution < -0.4 is 19.8 Å². The highest BCUT2D eigenvalue weighted by Gasteiger charge is 2.56. The number of anilines is 2. The number of carbonyl (C=O) groups is 3. The number of non-ortho nitro benzene ring substituents is 1. The topological polar surface area (TPSA) is 141 Å². The Kier molecular flexibility index (Phi) is 7.54. The molecule has 3 aromatic carbocycles. The molecule has 3 amide bonds. The Hall–Kier alpha value is -4.46. The molecular formula is C29H21ClN4O7S2. The van der Waals surface area contributed by atoms with Crippen LogP contribution in [0.5, 0.6) is 5.75 Å². The van der Waals surface area contributed by atoms with Crippen LogP contribution in [0.2, 0.25) is 5.02 Å². The van der Waals surface area contributed by atoms with Crippen LogP contribution in [0.15, 0.2) is 82.6 Å². The number of nitro groups is 1. The predicted octanol–water partition coefficient (Wildman–Crippen LogP) is 4.91. The predicted molar refractivity (Wildman–Crippen MR) is 162 cm³/mol. The van der Waals surface area contributed by atoms with Gasteiger partial charge in [-0.3, -0.25) is 33.9 Å². The maximum Gasteiger partial charge on any atom is 0.308 e. The highest BCUT2D eigenvalue weighted by Crippen LogP contribution is 2.54. The molecule has 11 nitrogen and oxygen atoms in total. The summed E-state index contributed by atoms with van der Waals surface area (Å²) in [6, 6.07) is 18.8. The van der Waals surface area contributed by atoms with Crippen LogP contribution in [0, 0.1) is 16.0 Å². The number of hydrogen-bond acceptors (Lipinski definition) is 9. The quantitative estimate of drug-likeness (QED) is 0.171. The zero-order valence-electron chi connectivity index (χ0n) is 22.3. The first kappa shape index (κ1) is 28.6. The molecule has 218 valence electrons. The van der Waals surface area contributed by atoms with Gasteiger partial charge in [-0.1, -0.05) is 46.8 Å². The Morgan fingerprint density at radius 1 is 1.00 bits per heavy atom. The summed E-state index contributed by atoms with van der Waals surface area (Å²) < 4.78 is 6.47. The molecular weight excluding hydrogens is 616 g/mol. The lowest BCUT2D eigenvalue weighted by molar-refractivity contribution is -0.384. The molecule has 1 fully saturated rings. The lowest BCUT2D eigenvalue weighted by Crippen LogP contribution is -2.33. The van der Waals surface area contributed by atoms with Crippen molar-refractivity contribution >= 4 is 69.5 Å². The van der Waals surface area contributed by atoms with E-state index in [9.17, 15) is 29.3 Å². The zero-order chi connectivity index (χ0) is 30.4. The number of methoxy groups -OCH3 is 1. The average Bonchev–Trinajstić information content (AvgIpc) is 3.44. The first-order chi connectivity index (χ1) is 20.7. The van der Waals surface area contributed by atoms with Gasteiger partial charge < -0.3 is 10.1 Å². The van der Waals surface area contributed by atoms with Crippen molar-refractivity contribution in [1.82, 2.24) is 4.57 Å². The van der Waals surface area contributed by atoms with E-state index in [0.717, 1.165) is 28.0 Å². The summed E-state index contributed by atoms with van der Waals surface area (Å²) in [7, 11) is 1.53. The van der Waals surface area contributed by atoms with Crippen molar-refractivity contribution in [2.45, 2.75) is 22.7 Å². The van der Waals surface area contributed by atoms with Crippen LogP contribution in [-0.4, -0.2) is 39.6 Å². The minimum Gasteiger partial charge on any atom is -0.497 e. The molecule has 1 aromatic heterocycles. The van der Waals surface area contributed by atoms with E-state index in [1.54, 1.807) is 48.5 Å². The van der Waals surface area contributed by atoms with Crippen LogP contribution in [0.3, 0.4) is 0 Å². The minimum atomic E-state index is -0.902. The number of nitro benzene ring substituents is 1. The number of carbonyl (C=O) groups excluding carboxylic acids is 3. The van der Waals surface area contributed by atoms with Gasteiger partial charge in [0, 0.05) is 33.6 Å². The van der Waals surface area contributed by atoms with E-state index in [1.807, 2.05) is 0 Å². The third kappa shape index (κ3) is 5.19. The number of nitrogens with zero attached hydrogens (tertiary/aromatic N) is 3. The lowest BCUT2D eigenvalue weighted by Gasteiger charge is -2.30. The summed E-state index contributed by atoms with van der Waals surface area (Å²) in [6.07, 6.45) is 0. The number of halogens is 1. The van der Waals surface area contributed by atoms with Gasteiger partial charge in [0.2, 0.25) is 17.7 Å². The maximum atomic E-state index is 13.9. The number of rotatable bonds is 7. The van der Waals surface area contributed by atoms with Gasteiger partial charge in [0.05, 0.1) is 28.7 Å². The highest BCUT2D eigenvalue weighted by molar-refractivity contribution is 8.00. The molecule has 1 saturated heterocycles. The fraction of sp³-hybridized carbons (Fsp3) is 0.172. The van der Waals surface area contributed by atoms with Gasteiger partial charge in [-0.2, -0.15) is 0 Å². The largest absolute Gasteiger partial charge is 0.497 e. The van der Waals surface area contributed by atoms with E-state index in [-0.39, 0.29) is 17.9 Å². The van der Waals surface area contributed by atoms with Crippen molar-refractivity contribution in [2.24, 2.45) is 5.92 Å². The second kappa shape index (κ2) is 11.3. The summed E-state index contributed by atoms with van der Waals surface area (Å²) in [5, 5.41) is 13.9. The number of amides is 3. The van der Waals surface area contributed by atoms with E-state index in [2.05, 4.69) is 5.32 Å². The van der Waals surface area contributed by atoms with Crippen LogP contribution in [0.1, 0.15) is 16.4 Å². The van der Waals surface area contributed by atoms with E-state index in [1.165, 1.54) is 35.9 Å². The Morgan fingerprint density at radius 3 is 2.30 bits per heavy atom. The second-order valence-corrected chi connectivity index (χ2v) is 12.3. The van der Waals surface area contributed by atoms with Gasteiger partial charge in [0.25, 0.3) is 5.69 Å². The van der Waals surface area contributed by atoms with E-state index < -0.39 is 44.6 Å². The van der Waals surface area contributed by atoms with E-state index in [0.29, 0.717) is 31.9 Å². The zero-order valence-corrected chi connectivity index (χ0v) is 24.7. The molecule has 0 saturated carbocycles. The Bertz CT molecular complexity index is 1820. The average molecular weight is 637 g/mol. The standard InChI is InChI=1S/C29H21ClN4O7S2/c1-41-20-12-6-17(7-13-20)31-21(35)14-32-28-25(43-29(32)38)22(15-2-4-16(30)5-3-15)23-24(42-28)27(37)33(26(23)36)18-8-10-19(11-9-18)34(39)40/h2-13,22-24H,14H2,1H3,(H,31,35)/t22-,23?,24?/m0/s1. The SMILES string of the molecule is COc1ccc(NC(=O)Cn2c3c(sc2=O)[C@@H](c2ccc(Cl)cc2)C2C(=O)N(c4ccc([N+](=O)[O-])cc4)C(=O)C2S3)cc1. The molecule has 2 aliphatic rings. The van der Waals surface area contributed by atoms with Crippen LogP contribution in [-0.2, 0) is 20.9 Å². The number of fused-ring (bicyclic) bond motifs is 2. The maximum absolute atomic E-state index is 13.9. The van der Waals surface area contributed by atoms with Gasteiger partial charge in [0.15, 0.2) is 0 Å². The van der Waals surface area contributed by atoms with Crippen molar-refractivity contribution < 1.29 is 24.0 Å². The van der Waals surface area contributed by atoms with Crippen LogP contribution in [0.25, 0.3) is 0 Å². The van der Waals surface area contributed by atoms with Gasteiger partial charge in [-0.15, -0.1) is 0 Å². The van der Waals surface area contributed by atoms with E-state index in [4.69, 9.17) is 16.3 Å². The number of thioether (sulfide) groups is 1. The molecule has 2 unspecified atom stereocenters. The smallest absolute Gasteiger partial charge is 0.308 e. The van der Waals surface area contributed by atoms with Crippen molar-refractivity contribution in [1.29, 1.82) is 0 Å². The first-order valence-electron chi connectivity index (χ1n) is 12.9. The molecule has 0 radical (unpaired) electrons. The summed E-state index contributed by atoms with van der Waals surface area (Å²) in [6.45, 7) is -0.303. The number of imide groups is 1. The number of hydrogen-bond donors (Lipinski definition) is 1. The Labute approximate surface area is 257 Å². The van der Waals surface area contributed by atoms with Crippen molar-refractivity contribution in [3.63, 3.8) is 0 Å².